The van der Waals surface area contributed by atoms with Gasteiger partial charge in [0, 0.05) is 11.8 Å². The van der Waals surface area contributed by atoms with Gasteiger partial charge in [-0.25, -0.2) is 0 Å². The van der Waals surface area contributed by atoms with Crippen LogP contribution in [0.2, 0.25) is 0 Å². The topological polar surface area (TPSA) is 42.3 Å². The van der Waals surface area contributed by atoms with E-state index >= 15 is 0 Å². The molecule has 21 heavy (non-hydrogen) atoms. The molecular weight excluding hydrogens is 260 g/mol. The Bertz CT molecular complexity index is 659. The van der Waals surface area contributed by atoms with Crippen molar-refractivity contribution in [3.8, 4) is 11.1 Å². The number of nitroso groups, excluding NO2 is 1. The summed E-state index contributed by atoms with van der Waals surface area (Å²) in [5.41, 5.74) is 5.69. The van der Waals surface area contributed by atoms with Gasteiger partial charge in [-0.3, -0.25) is 4.98 Å². The zero-order chi connectivity index (χ0) is 14.5. The van der Waals surface area contributed by atoms with Gasteiger partial charge in [-0.05, 0) is 48.4 Å². The molecule has 0 atom stereocenters. The van der Waals surface area contributed by atoms with E-state index in [0.29, 0.717) is 0 Å². The molecule has 0 spiro atoms. The summed E-state index contributed by atoms with van der Waals surface area (Å²) in [6.07, 6.45) is 8.95. The summed E-state index contributed by atoms with van der Waals surface area (Å²) in [4.78, 5) is 14.9. The molecule has 2 aromatic rings. The van der Waals surface area contributed by atoms with Gasteiger partial charge in [-0.15, -0.1) is 0 Å². The minimum Gasteiger partial charge on any atom is -0.256 e. The largest absolute Gasteiger partial charge is 0.256 e. The summed E-state index contributed by atoms with van der Waals surface area (Å²) in [6.45, 7) is 0.228. The second-order valence-electron chi connectivity index (χ2n) is 5.36. The summed E-state index contributed by atoms with van der Waals surface area (Å²) in [6, 6.07) is 12.1. The minimum absolute atomic E-state index is 0.228. The van der Waals surface area contributed by atoms with Gasteiger partial charge in [-0.2, -0.15) is 4.91 Å². The first kappa shape index (κ1) is 13.7. The second kappa shape index (κ2) is 6.44. The first-order chi connectivity index (χ1) is 10.4. The van der Waals surface area contributed by atoms with Crippen molar-refractivity contribution in [2.24, 2.45) is 5.18 Å². The third kappa shape index (κ3) is 3.07. The van der Waals surface area contributed by atoms with Crippen LogP contribution < -0.4 is 0 Å². The van der Waals surface area contributed by atoms with Gasteiger partial charge < -0.3 is 0 Å². The fourth-order valence-electron chi connectivity index (χ4n) is 2.81. The molecule has 0 amide bonds. The van der Waals surface area contributed by atoms with Gasteiger partial charge in [-0.1, -0.05) is 41.6 Å². The van der Waals surface area contributed by atoms with Crippen molar-refractivity contribution in [1.29, 1.82) is 0 Å². The first-order valence-electron chi connectivity index (χ1n) is 7.41. The van der Waals surface area contributed by atoms with Gasteiger partial charge in [0.1, 0.15) is 6.54 Å². The molecule has 0 aliphatic heterocycles. The smallest absolute Gasteiger partial charge is 0.106 e. The second-order valence-corrected chi connectivity index (χ2v) is 5.36. The number of benzene rings is 1. The number of nitrogens with zero attached hydrogens (tertiary/aromatic N) is 2. The minimum atomic E-state index is 0.228. The maximum atomic E-state index is 10.3. The van der Waals surface area contributed by atoms with E-state index < -0.39 is 0 Å². The van der Waals surface area contributed by atoms with E-state index in [1.54, 1.807) is 0 Å². The zero-order valence-electron chi connectivity index (χ0n) is 12.0. The third-order valence-electron chi connectivity index (χ3n) is 3.91. The van der Waals surface area contributed by atoms with E-state index in [2.05, 4.69) is 22.3 Å². The highest BCUT2D eigenvalue weighted by Crippen LogP contribution is 2.32. The number of rotatable bonds is 4. The molecular formula is C18H18N2O. The van der Waals surface area contributed by atoms with E-state index in [-0.39, 0.29) is 6.54 Å². The summed E-state index contributed by atoms with van der Waals surface area (Å²) in [7, 11) is 0. The lowest BCUT2D eigenvalue weighted by Gasteiger charge is -2.15. The van der Waals surface area contributed by atoms with E-state index in [1.165, 1.54) is 18.4 Å². The van der Waals surface area contributed by atoms with Crippen LogP contribution in [0.3, 0.4) is 0 Å². The molecule has 3 rings (SSSR count). The molecule has 1 aromatic carbocycles. The van der Waals surface area contributed by atoms with E-state index in [0.717, 1.165) is 35.2 Å². The van der Waals surface area contributed by atoms with Crippen molar-refractivity contribution in [1.82, 2.24) is 4.98 Å². The SMILES string of the molecule is O=NCc1ccc(-c2cccnc2C2=CCCCC2)cc1. The average Bonchev–Trinajstić information content (AvgIpc) is 2.57. The lowest BCUT2D eigenvalue weighted by Crippen LogP contribution is -1.97. The molecule has 0 N–H and O–H groups in total. The van der Waals surface area contributed by atoms with Crippen molar-refractivity contribution in [2.45, 2.75) is 32.2 Å². The Kier molecular flexibility index (Phi) is 4.20. The summed E-state index contributed by atoms with van der Waals surface area (Å²) < 4.78 is 0. The van der Waals surface area contributed by atoms with Gasteiger partial charge in [0.2, 0.25) is 0 Å². The predicted molar refractivity (Wildman–Crippen MR) is 85.6 cm³/mol. The van der Waals surface area contributed by atoms with Crippen LogP contribution in [0.4, 0.5) is 0 Å². The lowest BCUT2D eigenvalue weighted by atomic mass is 9.92. The number of pyridine rings is 1. The predicted octanol–water partition coefficient (Wildman–Crippen LogP) is 4.97. The Morgan fingerprint density at radius 3 is 2.67 bits per heavy atom. The first-order valence-corrected chi connectivity index (χ1v) is 7.41. The highest BCUT2D eigenvalue weighted by atomic mass is 16.3. The molecule has 0 fully saturated rings. The Labute approximate surface area is 124 Å². The average molecular weight is 278 g/mol. The Morgan fingerprint density at radius 2 is 1.95 bits per heavy atom. The fourth-order valence-corrected chi connectivity index (χ4v) is 2.81. The number of hydrogen-bond donors (Lipinski definition) is 0. The number of hydrogen-bond acceptors (Lipinski definition) is 3. The molecule has 106 valence electrons. The normalized spacial score (nSPS) is 14.6. The van der Waals surface area contributed by atoms with Crippen molar-refractivity contribution < 1.29 is 0 Å². The van der Waals surface area contributed by atoms with Crippen molar-refractivity contribution >= 4 is 5.57 Å². The maximum Gasteiger partial charge on any atom is 0.106 e. The van der Waals surface area contributed by atoms with E-state index in [4.69, 9.17) is 0 Å². The summed E-state index contributed by atoms with van der Waals surface area (Å²) >= 11 is 0. The molecule has 0 saturated carbocycles. The number of allylic oxidation sites excluding steroid dienone is 2. The van der Waals surface area contributed by atoms with Crippen LogP contribution in [0.5, 0.6) is 0 Å². The highest BCUT2D eigenvalue weighted by molar-refractivity contribution is 5.79. The Morgan fingerprint density at radius 1 is 1.10 bits per heavy atom. The van der Waals surface area contributed by atoms with Crippen LogP contribution in [0.25, 0.3) is 16.7 Å². The molecule has 3 heteroatoms. The van der Waals surface area contributed by atoms with Crippen LogP contribution in [0.1, 0.15) is 36.9 Å². The maximum absolute atomic E-state index is 10.3. The van der Waals surface area contributed by atoms with E-state index in [1.807, 2.05) is 36.5 Å². The van der Waals surface area contributed by atoms with Crippen LogP contribution >= 0.6 is 0 Å². The molecule has 1 aliphatic carbocycles. The standard InChI is InChI=1S/C18H18N2O/c21-20-13-14-8-10-15(11-9-14)17-7-4-12-19-18(17)16-5-2-1-3-6-16/h4-5,7-12H,1-3,6,13H2. The molecule has 0 bridgehead atoms. The molecule has 0 saturated heterocycles. The Hall–Kier alpha value is -2.29. The molecule has 0 radical (unpaired) electrons. The molecule has 1 aromatic heterocycles. The van der Waals surface area contributed by atoms with Gasteiger partial charge in [0.05, 0.1) is 5.69 Å². The van der Waals surface area contributed by atoms with Crippen LogP contribution in [0.15, 0.2) is 53.8 Å². The summed E-state index contributed by atoms with van der Waals surface area (Å²) in [5.74, 6) is 0. The van der Waals surface area contributed by atoms with Crippen molar-refractivity contribution in [2.75, 3.05) is 0 Å². The summed E-state index contributed by atoms with van der Waals surface area (Å²) in [5, 5.41) is 2.93. The molecule has 1 aliphatic rings. The number of aromatic nitrogens is 1. The van der Waals surface area contributed by atoms with Gasteiger partial charge in [0.15, 0.2) is 0 Å². The van der Waals surface area contributed by atoms with Gasteiger partial charge in [0.25, 0.3) is 0 Å². The zero-order valence-corrected chi connectivity index (χ0v) is 12.0. The lowest BCUT2D eigenvalue weighted by molar-refractivity contribution is 0.740. The third-order valence-corrected chi connectivity index (χ3v) is 3.91. The van der Waals surface area contributed by atoms with Crippen molar-refractivity contribution in [3.63, 3.8) is 0 Å². The highest BCUT2D eigenvalue weighted by Gasteiger charge is 2.12. The molecule has 1 heterocycles. The fraction of sp³-hybridized carbons (Fsp3) is 0.278. The Balaban J connectivity index is 1.98. The molecule has 0 unspecified atom stereocenters. The van der Waals surface area contributed by atoms with Crippen LogP contribution in [-0.4, -0.2) is 4.98 Å². The van der Waals surface area contributed by atoms with Gasteiger partial charge >= 0.3 is 0 Å². The monoisotopic (exact) mass is 278 g/mol. The van der Waals surface area contributed by atoms with E-state index in [9.17, 15) is 4.91 Å². The van der Waals surface area contributed by atoms with Crippen LogP contribution in [-0.2, 0) is 6.54 Å². The van der Waals surface area contributed by atoms with Crippen molar-refractivity contribution in [3.05, 3.63) is 64.8 Å². The van der Waals surface area contributed by atoms with Crippen LogP contribution in [0, 0.1) is 4.91 Å². The molecule has 3 nitrogen and oxygen atoms in total. The quantitative estimate of drug-likeness (QED) is 0.741.